The Labute approximate surface area is 204 Å². The molecule has 1 aliphatic carbocycles. The number of fused-ring (bicyclic) bond motifs is 5. The number of benzene rings is 4. The first-order chi connectivity index (χ1) is 17.4. The Morgan fingerprint density at radius 3 is 2.31 bits per heavy atom. The molecule has 3 unspecified atom stereocenters. The summed E-state index contributed by atoms with van der Waals surface area (Å²) in [6, 6.07) is 33.6. The van der Waals surface area contributed by atoms with E-state index < -0.39 is 0 Å². The summed E-state index contributed by atoms with van der Waals surface area (Å²) in [5, 5.41) is 7.65. The average molecular weight is 452 g/mol. The minimum atomic E-state index is -0.343. The number of allylic oxidation sites excluding steroid dienone is 2. The van der Waals surface area contributed by atoms with E-state index in [4.69, 9.17) is 15.3 Å². The highest BCUT2D eigenvalue weighted by Crippen LogP contribution is 2.48. The fourth-order valence-electron chi connectivity index (χ4n) is 5.38. The highest BCUT2D eigenvalue weighted by molar-refractivity contribution is 6.18. The Morgan fingerprint density at radius 1 is 0.714 bits per heavy atom. The third kappa shape index (κ3) is 3.29. The highest BCUT2D eigenvalue weighted by atomic mass is 15.4. The zero-order chi connectivity index (χ0) is 23.2. The van der Waals surface area contributed by atoms with Crippen LogP contribution in [0.3, 0.4) is 0 Å². The Balaban J connectivity index is 1.40. The van der Waals surface area contributed by atoms with Crippen LogP contribution in [0.1, 0.15) is 28.8 Å². The number of amidine groups is 1. The fourth-order valence-corrected chi connectivity index (χ4v) is 5.38. The van der Waals surface area contributed by atoms with E-state index in [9.17, 15) is 0 Å². The van der Waals surface area contributed by atoms with Crippen molar-refractivity contribution in [2.75, 3.05) is 4.90 Å². The molecule has 0 fully saturated rings. The van der Waals surface area contributed by atoms with Crippen molar-refractivity contribution < 1.29 is 0 Å². The van der Waals surface area contributed by atoms with E-state index in [2.05, 4.69) is 89.9 Å². The van der Waals surface area contributed by atoms with Gasteiger partial charge in [0.15, 0.2) is 0 Å². The third-order valence-corrected chi connectivity index (χ3v) is 6.98. The molecule has 0 bridgehead atoms. The summed E-state index contributed by atoms with van der Waals surface area (Å²) in [6.07, 6.45) is 8.51. The molecule has 0 amide bonds. The number of aliphatic imine (C=N–C) groups is 2. The summed E-state index contributed by atoms with van der Waals surface area (Å²) < 4.78 is 0. The maximum Gasteiger partial charge on any atom is 0.111 e. The molecule has 35 heavy (non-hydrogen) atoms. The van der Waals surface area contributed by atoms with Gasteiger partial charge in [0.1, 0.15) is 6.17 Å². The van der Waals surface area contributed by atoms with Gasteiger partial charge < -0.3 is 15.2 Å². The van der Waals surface area contributed by atoms with Crippen molar-refractivity contribution in [3.63, 3.8) is 0 Å². The molecule has 4 aromatic carbocycles. The zero-order valence-electron chi connectivity index (χ0n) is 19.1. The lowest BCUT2D eigenvalue weighted by Crippen LogP contribution is -2.39. The summed E-state index contributed by atoms with van der Waals surface area (Å²) in [6.45, 7) is 0. The van der Waals surface area contributed by atoms with Gasteiger partial charge in [0.2, 0.25) is 0 Å². The molecule has 4 aromatic rings. The summed E-state index contributed by atoms with van der Waals surface area (Å²) >= 11 is 0. The second-order valence-electron chi connectivity index (χ2n) is 9.02. The lowest BCUT2D eigenvalue weighted by molar-refractivity contribution is 0.751. The third-order valence-electron chi connectivity index (χ3n) is 6.98. The quantitative estimate of drug-likeness (QED) is 0.320. The van der Waals surface area contributed by atoms with Gasteiger partial charge >= 0.3 is 0 Å². The predicted octanol–water partition coefficient (Wildman–Crippen LogP) is 7.13. The van der Waals surface area contributed by atoms with Gasteiger partial charge in [0, 0.05) is 23.5 Å². The number of hydrogen-bond donors (Lipinski definition) is 0. The maximum atomic E-state index is 5.11. The Bertz CT molecular complexity index is 1530. The molecule has 0 aromatic heterocycles. The second kappa shape index (κ2) is 8.10. The second-order valence-corrected chi connectivity index (χ2v) is 9.02. The molecular formula is C31H23N4-. The molecule has 4 nitrogen and oxygen atoms in total. The molecule has 168 valence electrons. The van der Waals surface area contributed by atoms with Crippen LogP contribution in [0.4, 0.5) is 5.69 Å². The molecule has 3 atom stereocenters. The molecule has 7 rings (SSSR count). The van der Waals surface area contributed by atoms with Crippen molar-refractivity contribution in [3.8, 4) is 0 Å². The molecule has 4 heteroatoms. The van der Waals surface area contributed by atoms with Crippen molar-refractivity contribution in [2.45, 2.75) is 18.1 Å². The lowest BCUT2D eigenvalue weighted by Gasteiger charge is -2.41. The summed E-state index contributed by atoms with van der Waals surface area (Å²) in [5.41, 5.74) is 4.56. The van der Waals surface area contributed by atoms with Crippen LogP contribution in [0.15, 0.2) is 131 Å². The largest absolute Gasteiger partial charge is 0.389 e. The van der Waals surface area contributed by atoms with E-state index in [1.165, 1.54) is 22.0 Å². The van der Waals surface area contributed by atoms with E-state index in [0.29, 0.717) is 11.8 Å². The van der Waals surface area contributed by atoms with Gasteiger partial charge in [-0.2, -0.15) is 0 Å². The minimum Gasteiger partial charge on any atom is -0.389 e. The average Bonchev–Trinajstić information content (AvgIpc) is 3.29. The van der Waals surface area contributed by atoms with Crippen molar-refractivity contribution >= 4 is 28.3 Å². The van der Waals surface area contributed by atoms with E-state index >= 15 is 0 Å². The molecule has 3 aliphatic rings. The minimum absolute atomic E-state index is 0.120. The first kappa shape index (κ1) is 20.0. The lowest BCUT2D eigenvalue weighted by atomic mass is 9.88. The normalized spacial score (nSPS) is 22.3. The van der Waals surface area contributed by atoms with Crippen LogP contribution in [-0.4, -0.2) is 17.8 Å². The number of anilines is 1. The van der Waals surface area contributed by atoms with E-state index in [1.807, 2.05) is 36.4 Å². The molecule has 2 aliphatic heterocycles. The zero-order valence-corrected chi connectivity index (χ0v) is 19.1. The van der Waals surface area contributed by atoms with E-state index in [0.717, 1.165) is 11.1 Å². The van der Waals surface area contributed by atoms with Gasteiger partial charge in [0.05, 0.1) is 5.84 Å². The van der Waals surface area contributed by atoms with Gasteiger partial charge in [-0.1, -0.05) is 121 Å². The first-order valence-corrected chi connectivity index (χ1v) is 12.0. The Hall–Kier alpha value is -4.44. The van der Waals surface area contributed by atoms with E-state index in [-0.39, 0.29) is 18.1 Å². The van der Waals surface area contributed by atoms with Crippen LogP contribution in [-0.2, 0) is 0 Å². The number of rotatable bonds is 2. The molecule has 0 spiro atoms. The van der Waals surface area contributed by atoms with Gasteiger partial charge in [-0.05, 0) is 27.6 Å². The molecule has 0 saturated carbocycles. The topological polar surface area (TPSA) is 42.1 Å². The summed E-state index contributed by atoms with van der Waals surface area (Å²) in [5.74, 6) is 1.66. The van der Waals surface area contributed by atoms with E-state index in [1.54, 1.807) is 0 Å². The fraction of sp³-hybridized carbons (Fsp3) is 0.0968. The van der Waals surface area contributed by atoms with Crippen LogP contribution in [0.5, 0.6) is 0 Å². The first-order valence-electron chi connectivity index (χ1n) is 12.0. The highest BCUT2D eigenvalue weighted by Gasteiger charge is 2.36. The van der Waals surface area contributed by atoms with Gasteiger partial charge in [-0.3, -0.25) is 4.99 Å². The molecule has 0 N–H and O–H groups in total. The Kier molecular flexibility index (Phi) is 4.62. The Morgan fingerprint density at radius 2 is 1.46 bits per heavy atom. The van der Waals surface area contributed by atoms with Crippen molar-refractivity contribution in [2.24, 2.45) is 9.98 Å². The summed E-state index contributed by atoms with van der Waals surface area (Å²) in [7, 11) is 0. The molecular weight excluding hydrogens is 428 g/mol. The van der Waals surface area contributed by atoms with Gasteiger partial charge in [-0.15, -0.1) is 0 Å². The van der Waals surface area contributed by atoms with Crippen molar-refractivity contribution in [1.29, 1.82) is 0 Å². The van der Waals surface area contributed by atoms with Crippen LogP contribution < -0.4 is 4.90 Å². The number of guanidine groups is 1. The molecule has 0 radical (unpaired) electrons. The van der Waals surface area contributed by atoms with Gasteiger partial charge in [0.25, 0.3) is 0 Å². The predicted molar refractivity (Wildman–Crippen MR) is 144 cm³/mol. The standard InChI is InChI=1S/C31H23N4/c1-3-12-22(13-4-1)29-32-30(23-14-5-2-6-15-23)34-31(33-29)35-26-18-10-9-17-25(26)28-24-16-8-7-11-21(24)19-20-27(28)35/h1-20,25-26,29H/q-1. The van der Waals surface area contributed by atoms with Crippen molar-refractivity contribution in [1.82, 2.24) is 0 Å². The summed E-state index contributed by atoms with van der Waals surface area (Å²) in [4.78, 5) is 12.3. The van der Waals surface area contributed by atoms with Crippen LogP contribution in [0, 0.1) is 0 Å². The van der Waals surface area contributed by atoms with Crippen molar-refractivity contribution in [3.05, 3.63) is 143 Å². The maximum absolute atomic E-state index is 5.11. The van der Waals surface area contributed by atoms with Gasteiger partial charge in [-0.25, -0.2) is 0 Å². The van der Waals surface area contributed by atoms with Crippen LogP contribution in [0.25, 0.3) is 16.1 Å². The van der Waals surface area contributed by atoms with Crippen LogP contribution >= 0.6 is 0 Å². The monoisotopic (exact) mass is 451 g/mol. The molecule has 0 saturated heterocycles. The SMILES string of the molecule is C1=CC2c3c(ccc4ccccc34)N(C3=NC(c4ccccc4)=NC(c4ccccc4)[N-]3)C2C=C1. The molecule has 2 heterocycles. The number of nitrogens with zero attached hydrogens (tertiary/aromatic N) is 4. The smallest absolute Gasteiger partial charge is 0.111 e. The van der Waals surface area contributed by atoms with Crippen LogP contribution in [0.2, 0.25) is 0 Å². The number of hydrogen-bond acceptors (Lipinski definition) is 3.